The first-order chi connectivity index (χ1) is 7.84. The van der Waals surface area contributed by atoms with Crippen LogP contribution in [0, 0.1) is 0 Å². The van der Waals surface area contributed by atoms with E-state index in [1.54, 1.807) is 7.11 Å². The first kappa shape index (κ1) is 14.9. The van der Waals surface area contributed by atoms with E-state index in [0.717, 1.165) is 6.42 Å². The summed E-state index contributed by atoms with van der Waals surface area (Å²) in [5.41, 5.74) is 5.64. The predicted molar refractivity (Wildman–Crippen MR) is 68.8 cm³/mol. The van der Waals surface area contributed by atoms with Gasteiger partial charge in [-0.15, -0.1) is 0 Å². The number of hydrogen-bond donors (Lipinski definition) is 1. The molecule has 2 N–H and O–H groups in total. The summed E-state index contributed by atoms with van der Waals surface area (Å²) >= 11 is 0. The van der Waals surface area contributed by atoms with Gasteiger partial charge in [-0.25, -0.2) is 8.42 Å². The minimum Gasteiger partial charge on any atom is -0.385 e. The van der Waals surface area contributed by atoms with E-state index < -0.39 is 9.84 Å². The molecule has 0 bridgehead atoms. The van der Waals surface area contributed by atoms with Gasteiger partial charge in [-0.05, 0) is 26.8 Å². The van der Waals surface area contributed by atoms with Crippen molar-refractivity contribution < 1.29 is 13.2 Å². The van der Waals surface area contributed by atoms with Crippen LogP contribution in [0.3, 0.4) is 0 Å². The van der Waals surface area contributed by atoms with Gasteiger partial charge in [-0.2, -0.15) is 0 Å². The molecule has 1 heterocycles. The van der Waals surface area contributed by atoms with Crippen LogP contribution in [0.2, 0.25) is 0 Å². The van der Waals surface area contributed by atoms with Crippen molar-refractivity contribution in [1.29, 1.82) is 0 Å². The SMILES string of the molecule is COCCC(C)(CN)N(C)C1CCS(=O)(=O)C1. The fraction of sp³-hybridized carbons (Fsp3) is 1.00. The van der Waals surface area contributed by atoms with Gasteiger partial charge in [-0.1, -0.05) is 0 Å². The van der Waals surface area contributed by atoms with Crippen molar-refractivity contribution in [2.24, 2.45) is 5.73 Å². The molecule has 6 heteroatoms. The third kappa shape index (κ3) is 3.64. The molecule has 1 saturated heterocycles. The lowest BCUT2D eigenvalue weighted by Crippen LogP contribution is -2.54. The lowest BCUT2D eigenvalue weighted by atomic mass is 9.94. The molecule has 1 aliphatic rings. The maximum Gasteiger partial charge on any atom is 0.151 e. The second-order valence-corrected chi connectivity index (χ2v) is 7.34. The molecule has 0 saturated carbocycles. The van der Waals surface area contributed by atoms with Crippen LogP contribution in [-0.2, 0) is 14.6 Å². The topological polar surface area (TPSA) is 72.6 Å². The summed E-state index contributed by atoms with van der Waals surface area (Å²) in [6, 6.07) is 0.0883. The minimum absolute atomic E-state index is 0.0883. The molecular formula is C11H24N2O3S. The summed E-state index contributed by atoms with van der Waals surface area (Å²) in [5.74, 6) is 0.555. The second kappa shape index (κ2) is 5.65. The highest BCUT2D eigenvalue weighted by Crippen LogP contribution is 2.25. The first-order valence-electron chi connectivity index (χ1n) is 5.97. The summed E-state index contributed by atoms with van der Waals surface area (Å²) in [4.78, 5) is 2.12. The molecular weight excluding hydrogens is 240 g/mol. The molecule has 1 rings (SSSR count). The van der Waals surface area contributed by atoms with E-state index >= 15 is 0 Å². The van der Waals surface area contributed by atoms with Crippen LogP contribution in [0.25, 0.3) is 0 Å². The molecule has 5 nitrogen and oxygen atoms in total. The lowest BCUT2D eigenvalue weighted by Gasteiger charge is -2.41. The summed E-state index contributed by atoms with van der Waals surface area (Å²) < 4.78 is 28.1. The average molecular weight is 264 g/mol. The van der Waals surface area contributed by atoms with Gasteiger partial charge in [-0.3, -0.25) is 4.90 Å². The minimum atomic E-state index is -2.84. The van der Waals surface area contributed by atoms with Crippen molar-refractivity contribution in [2.75, 3.05) is 38.8 Å². The average Bonchev–Trinajstić information content (AvgIpc) is 2.65. The lowest BCUT2D eigenvalue weighted by molar-refractivity contribution is 0.0641. The van der Waals surface area contributed by atoms with Crippen LogP contribution in [0.1, 0.15) is 19.8 Å². The standard InChI is InChI=1S/C11H24N2O3S/c1-11(9-12,5-6-16-3)13(2)10-4-7-17(14,15)8-10/h10H,4-9,12H2,1-3H3. The van der Waals surface area contributed by atoms with Crippen LogP contribution in [-0.4, -0.2) is 63.7 Å². The van der Waals surface area contributed by atoms with E-state index in [4.69, 9.17) is 10.5 Å². The highest BCUT2D eigenvalue weighted by Gasteiger charge is 2.38. The summed E-state index contributed by atoms with van der Waals surface area (Å²) in [5, 5.41) is 0. The fourth-order valence-corrected chi connectivity index (χ4v) is 4.04. The Labute approximate surface area is 104 Å². The fourth-order valence-electron chi connectivity index (χ4n) is 2.27. The van der Waals surface area contributed by atoms with E-state index in [-0.39, 0.29) is 17.3 Å². The van der Waals surface area contributed by atoms with E-state index in [9.17, 15) is 8.42 Å². The van der Waals surface area contributed by atoms with Crippen molar-refractivity contribution in [1.82, 2.24) is 4.90 Å². The zero-order valence-corrected chi connectivity index (χ0v) is 11.8. The first-order valence-corrected chi connectivity index (χ1v) is 7.79. The summed E-state index contributed by atoms with van der Waals surface area (Å²) in [6.45, 7) is 3.21. The molecule has 0 aliphatic carbocycles. The van der Waals surface area contributed by atoms with Gasteiger partial charge >= 0.3 is 0 Å². The second-order valence-electron chi connectivity index (χ2n) is 5.11. The van der Waals surface area contributed by atoms with Crippen LogP contribution in [0.4, 0.5) is 0 Å². The normalized spacial score (nSPS) is 27.2. The Morgan fingerprint density at radius 1 is 1.53 bits per heavy atom. The number of hydrogen-bond acceptors (Lipinski definition) is 5. The zero-order chi connectivity index (χ0) is 13.1. The van der Waals surface area contributed by atoms with Crippen molar-refractivity contribution in [3.63, 3.8) is 0 Å². The Morgan fingerprint density at radius 3 is 2.59 bits per heavy atom. The number of nitrogens with zero attached hydrogens (tertiary/aromatic N) is 1. The highest BCUT2D eigenvalue weighted by molar-refractivity contribution is 7.91. The predicted octanol–water partition coefficient (Wildman–Crippen LogP) is -0.141. The molecule has 1 fully saturated rings. The van der Waals surface area contributed by atoms with Gasteiger partial charge in [0.1, 0.15) is 0 Å². The van der Waals surface area contributed by atoms with Crippen LogP contribution < -0.4 is 5.73 Å². The van der Waals surface area contributed by atoms with Crippen LogP contribution in [0.15, 0.2) is 0 Å². The molecule has 2 atom stereocenters. The van der Waals surface area contributed by atoms with Gasteiger partial charge in [0.15, 0.2) is 9.84 Å². The quantitative estimate of drug-likeness (QED) is 0.723. The molecule has 0 amide bonds. The van der Waals surface area contributed by atoms with Gasteiger partial charge in [0.25, 0.3) is 0 Å². The number of rotatable bonds is 6. The number of nitrogens with two attached hydrogens (primary N) is 1. The zero-order valence-electron chi connectivity index (χ0n) is 11.0. The molecule has 2 unspecified atom stereocenters. The smallest absolute Gasteiger partial charge is 0.151 e. The number of methoxy groups -OCH3 is 1. The Kier molecular flexibility index (Phi) is 4.95. The number of sulfone groups is 1. The van der Waals surface area contributed by atoms with Gasteiger partial charge in [0.05, 0.1) is 11.5 Å². The molecule has 0 radical (unpaired) electrons. The Morgan fingerprint density at radius 2 is 2.18 bits per heavy atom. The molecule has 102 valence electrons. The maximum absolute atomic E-state index is 11.5. The monoisotopic (exact) mass is 264 g/mol. The molecule has 0 aromatic rings. The van der Waals surface area contributed by atoms with E-state index in [1.165, 1.54) is 0 Å². The Balaban J connectivity index is 2.69. The molecule has 0 aromatic carbocycles. The number of ether oxygens (including phenoxy) is 1. The summed E-state index contributed by atoms with van der Waals surface area (Å²) in [7, 11) is 0.787. The maximum atomic E-state index is 11.5. The van der Waals surface area contributed by atoms with Gasteiger partial charge < -0.3 is 10.5 Å². The van der Waals surface area contributed by atoms with Gasteiger partial charge in [0.2, 0.25) is 0 Å². The third-order valence-electron chi connectivity index (χ3n) is 3.89. The highest BCUT2D eigenvalue weighted by atomic mass is 32.2. The van der Waals surface area contributed by atoms with Crippen molar-refractivity contribution >= 4 is 9.84 Å². The molecule has 0 spiro atoms. The largest absolute Gasteiger partial charge is 0.385 e. The van der Waals surface area contributed by atoms with Crippen molar-refractivity contribution in [3.05, 3.63) is 0 Å². The van der Waals surface area contributed by atoms with E-state index in [0.29, 0.717) is 25.3 Å². The third-order valence-corrected chi connectivity index (χ3v) is 5.64. The Bertz CT molecular complexity index is 345. The van der Waals surface area contributed by atoms with E-state index in [1.807, 2.05) is 7.05 Å². The molecule has 0 aromatic heterocycles. The van der Waals surface area contributed by atoms with Crippen molar-refractivity contribution in [3.8, 4) is 0 Å². The Hall–Kier alpha value is -0.170. The van der Waals surface area contributed by atoms with Crippen LogP contribution >= 0.6 is 0 Å². The van der Waals surface area contributed by atoms with Crippen molar-refractivity contribution in [2.45, 2.75) is 31.3 Å². The van der Waals surface area contributed by atoms with E-state index in [2.05, 4.69) is 11.8 Å². The number of likely N-dealkylation sites (N-methyl/N-ethyl adjacent to an activating group) is 1. The molecule has 17 heavy (non-hydrogen) atoms. The van der Waals surface area contributed by atoms with Gasteiger partial charge in [0, 0.05) is 31.8 Å². The van der Waals surface area contributed by atoms with Crippen LogP contribution in [0.5, 0.6) is 0 Å². The summed E-state index contributed by atoms with van der Waals surface area (Å²) in [6.07, 6.45) is 1.52. The molecule has 1 aliphatic heterocycles.